The molecule has 10 aromatic carbocycles. The van der Waals surface area contributed by atoms with Crippen LogP contribution in [-0.2, 0) is 25.1 Å². The zero-order chi connectivity index (χ0) is 63.8. The van der Waals surface area contributed by atoms with Gasteiger partial charge in [-0.05, 0) is 140 Å². The maximum absolute atomic E-state index is 12.6. The zero-order valence-corrected chi connectivity index (χ0v) is 51.6. The molecule has 0 N–H and O–H groups in total. The summed E-state index contributed by atoms with van der Waals surface area (Å²) in [6.45, 7) is 11.7. The minimum atomic E-state index is -3.37. The van der Waals surface area contributed by atoms with E-state index in [4.69, 9.17) is 21.0 Å². The number of hydrogen-bond donors (Lipinski definition) is 0. The van der Waals surface area contributed by atoms with E-state index < -0.39 is 19.7 Å². The molecule has 0 spiro atoms. The van der Waals surface area contributed by atoms with Crippen LogP contribution in [0, 0.1) is 73.0 Å². The van der Waals surface area contributed by atoms with Crippen LogP contribution >= 0.6 is 0 Å². The van der Waals surface area contributed by atoms with E-state index in [9.17, 15) is 16.8 Å². The van der Waals surface area contributed by atoms with Crippen molar-refractivity contribution in [3.63, 3.8) is 0 Å². The number of aryl methyl sites for hydroxylation is 4. The highest BCUT2D eigenvalue weighted by atomic mass is 32.2. The van der Waals surface area contributed by atoms with Crippen LogP contribution in [0.3, 0.4) is 0 Å². The van der Waals surface area contributed by atoms with Crippen LogP contribution in [-0.4, -0.2) is 36.8 Å². The van der Waals surface area contributed by atoms with Crippen LogP contribution in [0.2, 0.25) is 0 Å². The highest BCUT2D eigenvalue weighted by Crippen LogP contribution is 2.45. The first kappa shape index (κ1) is 65.3. The summed E-state index contributed by atoms with van der Waals surface area (Å²) in [7, 11) is -6.71. The van der Waals surface area contributed by atoms with E-state index in [0.29, 0.717) is 36.5 Å². The number of aromatic nitrogens is 4. The number of hydrogen-bond acceptors (Lipinski definition) is 12. The predicted octanol–water partition coefficient (Wildman–Crippen LogP) is 16.4. The zero-order valence-electron chi connectivity index (χ0n) is 49.9. The Bertz CT molecular complexity index is 4630. The molecule has 0 amide bonds. The topological polar surface area (TPSA) is 215 Å². The summed E-state index contributed by atoms with van der Waals surface area (Å²) in [6.07, 6.45) is 3.07. The van der Waals surface area contributed by atoms with E-state index in [1.807, 2.05) is 136 Å². The highest BCUT2D eigenvalue weighted by molar-refractivity contribution is 7.92. The lowest BCUT2D eigenvalue weighted by atomic mass is 9.78. The second-order valence-electron chi connectivity index (χ2n) is 20.4. The lowest BCUT2D eigenvalue weighted by molar-refractivity contribution is 0.555. The van der Waals surface area contributed by atoms with Crippen LogP contribution in [0.4, 0.5) is 0 Å². The first-order valence-electron chi connectivity index (χ1n) is 28.0. The minimum absolute atomic E-state index is 0.279. The molecule has 0 aliphatic carbocycles. The molecule has 3 heterocycles. The molecule has 13 rings (SSSR count). The Morgan fingerprint density at radius 3 is 1.47 bits per heavy atom. The molecule has 0 bridgehead atoms. The molecule has 0 radical (unpaired) electrons. The minimum Gasteiger partial charge on any atom is -0.257 e. The number of nitrogens with zero attached hydrogens (tertiary/aromatic N) is 8. The number of nitriles is 4. The molecule has 0 unspecified atom stereocenters. The van der Waals surface area contributed by atoms with Crippen LogP contribution in [0.25, 0.3) is 32.9 Å². The van der Waals surface area contributed by atoms with Crippen LogP contribution in [0.1, 0.15) is 70.0 Å². The average Bonchev–Trinajstić information content (AvgIpc) is 0.860. The summed E-state index contributed by atoms with van der Waals surface area (Å²) in [4.78, 5) is 18.4. The highest BCUT2D eigenvalue weighted by Gasteiger charge is 2.39. The third-order valence-corrected chi connectivity index (χ3v) is 17.5. The van der Waals surface area contributed by atoms with Gasteiger partial charge in [0.05, 0.1) is 71.4 Å². The van der Waals surface area contributed by atoms with Crippen LogP contribution in [0.15, 0.2) is 287 Å². The number of para-hydroxylation sites is 1. The van der Waals surface area contributed by atoms with Crippen molar-refractivity contribution in [1.82, 2.24) is 19.9 Å². The largest absolute Gasteiger partial charge is 0.257 e. The fourth-order valence-corrected chi connectivity index (χ4v) is 12.5. The van der Waals surface area contributed by atoms with Gasteiger partial charge in [0, 0.05) is 28.8 Å². The quantitative estimate of drug-likeness (QED) is 0.161. The van der Waals surface area contributed by atoms with Gasteiger partial charge in [-0.15, -0.1) is 0 Å². The molecule has 0 saturated heterocycles. The molecule has 12 aromatic rings. The van der Waals surface area contributed by atoms with Crippen molar-refractivity contribution < 1.29 is 16.8 Å². The second-order valence-corrected chi connectivity index (χ2v) is 24.3. The molecule has 1 aliphatic heterocycles. The monoisotopic (exact) mass is 1200 g/mol. The summed E-state index contributed by atoms with van der Waals surface area (Å²) in [5, 5.41) is 37.1. The molecule has 0 saturated carbocycles. The van der Waals surface area contributed by atoms with Crippen molar-refractivity contribution in [3.05, 3.63) is 323 Å². The van der Waals surface area contributed by atoms with Crippen LogP contribution < -0.4 is 0 Å². The normalized spacial score (nSPS) is 11.6. The van der Waals surface area contributed by atoms with Gasteiger partial charge in [-0.2, -0.15) is 21.0 Å². The SMILES string of the molecule is CC1(C)c2ccccc2S(=O)(=O)c2ccccc21.Cc1cccc(C#N)c1.Cc1ccccc1C#N.Cc1nc(-c2ccc3ccccc3c2)c2ccccc2n1.Cc1nccnc1C#N.N#Cc1ccccc1.O=S(=O)(c1ccccc1)c1ccccc1. The lowest BCUT2D eigenvalue weighted by Crippen LogP contribution is -2.29. The van der Waals surface area contributed by atoms with Crippen LogP contribution in [0.5, 0.6) is 0 Å². The Hall–Kier alpha value is -11.3. The van der Waals surface area contributed by atoms with Gasteiger partial charge in [0.1, 0.15) is 11.9 Å². The molecule has 2 aromatic heterocycles. The average molecular weight is 1200 g/mol. The molecule has 89 heavy (non-hydrogen) atoms. The molecule has 438 valence electrons. The van der Waals surface area contributed by atoms with Crippen molar-refractivity contribution in [2.45, 2.75) is 66.5 Å². The van der Waals surface area contributed by atoms with Gasteiger partial charge in [-0.3, -0.25) is 4.98 Å². The fourth-order valence-electron chi connectivity index (χ4n) is 9.23. The van der Waals surface area contributed by atoms with Gasteiger partial charge in [-0.1, -0.05) is 190 Å². The molecular weight excluding hydrogens is 1140 g/mol. The van der Waals surface area contributed by atoms with E-state index in [-0.39, 0.29) is 5.41 Å². The first-order chi connectivity index (χ1) is 42.9. The summed E-state index contributed by atoms with van der Waals surface area (Å²) in [5.41, 5.74) is 10.1. The van der Waals surface area contributed by atoms with Crippen molar-refractivity contribution in [2.75, 3.05) is 0 Å². The molecular formula is C75H62N8O4S2. The number of sulfone groups is 2. The first-order valence-corrected chi connectivity index (χ1v) is 31.0. The molecule has 0 fully saturated rings. The maximum Gasteiger partial charge on any atom is 0.207 e. The van der Waals surface area contributed by atoms with Gasteiger partial charge in [0.15, 0.2) is 5.69 Å². The van der Waals surface area contributed by atoms with E-state index in [1.165, 1.54) is 17.0 Å². The van der Waals surface area contributed by atoms with E-state index in [1.54, 1.807) is 116 Å². The van der Waals surface area contributed by atoms with Gasteiger partial charge in [-0.25, -0.2) is 31.8 Å². The number of fused-ring (bicyclic) bond motifs is 4. The Kier molecular flexibility index (Phi) is 22.9. The standard InChI is InChI=1S/C19H14N2.C15H14O2S.C12H10O2S.2C8H7N.C7H5N.C6H5N3/c1-13-20-18-9-5-4-8-17(18)19(21-13)16-11-10-14-6-2-3-7-15(14)12-16;1-15(2)11-7-3-5-9-13(11)18(16,17)14-10-6-4-8-12(14)15;13-15(14,11-7-3-1-4-8-11)12-9-5-2-6-10-12;1-7-3-2-4-8(5-7)6-9;1-7-4-2-3-5-8(7)6-9;8-6-7-4-2-1-3-5-7;1-5-6(4-7)9-3-2-8-5/h2-12H,1H3;3-10H,1-2H3;1-10H;2*2-5H,1H3;1-5H;2-3H,1H3. The molecule has 12 nitrogen and oxygen atoms in total. The fraction of sp³-hybridized carbons (Fsp3) is 0.0933. The maximum atomic E-state index is 12.6. The van der Waals surface area contributed by atoms with Crippen molar-refractivity contribution >= 4 is 41.3 Å². The third-order valence-electron chi connectivity index (χ3n) is 13.8. The van der Waals surface area contributed by atoms with E-state index in [0.717, 1.165) is 61.4 Å². The lowest BCUT2D eigenvalue weighted by Gasteiger charge is -2.34. The summed E-state index contributed by atoms with van der Waals surface area (Å²) >= 11 is 0. The molecule has 1 aliphatic rings. The van der Waals surface area contributed by atoms with Gasteiger partial charge < -0.3 is 0 Å². The summed E-state index contributed by atoms with van der Waals surface area (Å²) < 4.78 is 49.2. The van der Waals surface area contributed by atoms with Crippen molar-refractivity contribution in [3.8, 4) is 35.5 Å². The van der Waals surface area contributed by atoms with Gasteiger partial charge in [0.2, 0.25) is 19.7 Å². The Labute approximate surface area is 521 Å². The molecule has 14 heteroatoms. The Morgan fingerprint density at radius 1 is 0.449 bits per heavy atom. The predicted molar refractivity (Wildman–Crippen MR) is 350 cm³/mol. The van der Waals surface area contributed by atoms with Gasteiger partial charge >= 0.3 is 0 Å². The second kappa shape index (κ2) is 31.2. The Balaban J connectivity index is 0.000000153. The van der Waals surface area contributed by atoms with Crippen molar-refractivity contribution in [2.24, 2.45) is 0 Å². The summed E-state index contributed by atoms with van der Waals surface area (Å²) in [6, 6.07) is 86.7. The molecule has 0 atom stereocenters. The smallest absolute Gasteiger partial charge is 0.207 e. The van der Waals surface area contributed by atoms with E-state index >= 15 is 0 Å². The Morgan fingerprint density at radius 2 is 0.955 bits per heavy atom. The van der Waals surface area contributed by atoms with Gasteiger partial charge in [0.25, 0.3) is 0 Å². The third kappa shape index (κ3) is 17.2. The number of rotatable bonds is 3. The van der Waals surface area contributed by atoms with E-state index in [2.05, 4.69) is 94.5 Å². The number of benzene rings is 10. The van der Waals surface area contributed by atoms with Crippen molar-refractivity contribution in [1.29, 1.82) is 21.0 Å². The summed E-state index contributed by atoms with van der Waals surface area (Å²) in [5.74, 6) is 0.803.